The molecule has 3 nitrogen and oxygen atoms in total. The summed E-state index contributed by atoms with van der Waals surface area (Å²) >= 11 is 0. The molecule has 0 saturated heterocycles. The van der Waals surface area contributed by atoms with Gasteiger partial charge in [-0.05, 0) is 83.2 Å². The number of rotatable bonds is 2. The van der Waals surface area contributed by atoms with E-state index in [1.807, 2.05) is 30.3 Å². The molecule has 0 bridgehead atoms. The molecule has 5 aromatic carbocycles. The highest BCUT2D eigenvalue weighted by molar-refractivity contribution is 5.88. The van der Waals surface area contributed by atoms with Crippen LogP contribution < -0.4 is 5.73 Å². The monoisotopic (exact) mass is 603 g/mol. The predicted molar refractivity (Wildman–Crippen MR) is 193 cm³/mol. The Hall–Kier alpha value is -4.86. The van der Waals surface area contributed by atoms with E-state index in [0.29, 0.717) is 12.5 Å². The SMILES string of the molecule is CC1=CCCC=C1.CCC1c2ccccc2C2(c3ccccc3-c3ccc(C)cc32)c2ccccc21.N=N.NCc1ccccc1. The molecular formula is C43H45N3. The van der Waals surface area contributed by atoms with Gasteiger partial charge in [0.2, 0.25) is 0 Å². The van der Waals surface area contributed by atoms with E-state index in [0.717, 1.165) is 6.42 Å². The minimum Gasteiger partial charge on any atom is -0.326 e. The van der Waals surface area contributed by atoms with E-state index in [-0.39, 0.29) is 5.41 Å². The summed E-state index contributed by atoms with van der Waals surface area (Å²) in [5, 5.41) is 0. The van der Waals surface area contributed by atoms with Gasteiger partial charge in [0.15, 0.2) is 0 Å². The molecule has 0 heterocycles. The highest BCUT2D eigenvalue weighted by Gasteiger charge is 2.51. The first-order chi connectivity index (χ1) is 22.6. The number of nitrogens with one attached hydrogen (secondary N) is 2. The summed E-state index contributed by atoms with van der Waals surface area (Å²) in [6.07, 6.45) is 10.2. The molecule has 0 aromatic heterocycles. The molecule has 1 spiro atoms. The first-order valence-corrected chi connectivity index (χ1v) is 16.3. The number of nitrogens with two attached hydrogens (primary N) is 1. The van der Waals surface area contributed by atoms with Crippen molar-refractivity contribution in [3.05, 3.63) is 190 Å². The van der Waals surface area contributed by atoms with Gasteiger partial charge < -0.3 is 5.73 Å². The molecule has 232 valence electrons. The molecule has 3 aliphatic carbocycles. The maximum Gasteiger partial charge on any atom is 0.0719 e. The van der Waals surface area contributed by atoms with E-state index in [2.05, 4.69) is 130 Å². The second kappa shape index (κ2) is 14.9. The van der Waals surface area contributed by atoms with Crippen LogP contribution in [0.15, 0.2) is 145 Å². The van der Waals surface area contributed by atoms with Crippen LogP contribution in [0.25, 0.3) is 11.1 Å². The van der Waals surface area contributed by atoms with Gasteiger partial charge in [-0.25, -0.2) is 11.1 Å². The van der Waals surface area contributed by atoms with Crippen LogP contribution in [0.2, 0.25) is 0 Å². The van der Waals surface area contributed by atoms with Crippen molar-refractivity contribution in [1.82, 2.24) is 0 Å². The van der Waals surface area contributed by atoms with Crippen molar-refractivity contribution in [2.75, 3.05) is 0 Å². The van der Waals surface area contributed by atoms with Gasteiger partial charge in [0.25, 0.3) is 0 Å². The summed E-state index contributed by atoms with van der Waals surface area (Å²) in [6, 6.07) is 44.4. The van der Waals surface area contributed by atoms with Crippen LogP contribution in [0.3, 0.4) is 0 Å². The maximum absolute atomic E-state index is 5.35. The Bertz CT molecular complexity index is 1790. The predicted octanol–water partition coefficient (Wildman–Crippen LogP) is 11.2. The molecule has 0 aliphatic heterocycles. The van der Waals surface area contributed by atoms with E-state index in [1.165, 1.54) is 74.0 Å². The molecule has 0 atom stereocenters. The third-order valence-electron chi connectivity index (χ3n) is 9.35. The van der Waals surface area contributed by atoms with Crippen molar-refractivity contribution < 1.29 is 0 Å². The molecule has 0 amide bonds. The normalized spacial score (nSPS) is 17.7. The van der Waals surface area contributed by atoms with Gasteiger partial charge in [0, 0.05) is 12.5 Å². The van der Waals surface area contributed by atoms with Crippen molar-refractivity contribution in [2.45, 2.75) is 57.9 Å². The van der Waals surface area contributed by atoms with Crippen molar-refractivity contribution in [3.63, 3.8) is 0 Å². The minimum atomic E-state index is -0.225. The van der Waals surface area contributed by atoms with E-state index < -0.39 is 0 Å². The quantitative estimate of drug-likeness (QED) is 0.169. The zero-order chi connectivity index (χ0) is 32.5. The molecule has 4 N–H and O–H groups in total. The Balaban J connectivity index is 0.000000201. The summed E-state index contributed by atoms with van der Waals surface area (Å²) in [5.74, 6) is 0.453. The van der Waals surface area contributed by atoms with Gasteiger partial charge in [-0.15, -0.1) is 0 Å². The summed E-state index contributed by atoms with van der Waals surface area (Å²) in [4.78, 5) is 0. The standard InChI is InChI=1S/C29H24.C7H9N.C7H10.H2N2/c1-3-20-21-10-4-7-13-25(21)29(26-14-8-5-11-22(20)26)27-15-9-6-12-23(27)24-17-16-19(2)18-28(24)29;8-6-7-4-2-1-3-5-7;1-7-5-3-2-4-6-7;1-2/h4-18,20H,3H2,1-2H3;1-5H,6,8H2;3,5-6H,2,4H2,1H3;1-2H. The van der Waals surface area contributed by atoms with Gasteiger partial charge >= 0.3 is 0 Å². The lowest BCUT2D eigenvalue weighted by Crippen LogP contribution is -2.35. The minimum absolute atomic E-state index is 0.225. The van der Waals surface area contributed by atoms with Gasteiger partial charge in [0.1, 0.15) is 0 Å². The second-order valence-corrected chi connectivity index (χ2v) is 12.1. The molecule has 3 aliphatic rings. The average molecular weight is 604 g/mol. The fraction of sp³-hybridized carbons (Fsp3) is 0.209. The molecular weight excluding hydrogens is 558 g/mol. The van der Waals surface area contributed by atoms with E-state index >= 15 is 0 Å². The molecule has 46 heavy (non-hydrogen) atoms. The van der Waals surface area contributed by atoms with Crippen LogP contribution in [0, 0.1) is 18.0 Å². The maximum atomic E-state index is 5.35. The van der Waals surface area contributed by atoms with Crippen molar-refractivity contribution in [2.24, 2.45) is 5.73 Å². The molecule has 5 aromatic rings. The molecule has 0 radical (unpaired) electrons. The van der Waals surface area contributed by atoms with Crippen molar-refractivity contribution >= 4 is 0 Å². The van der Waals surface area contributed by atoms with E-state index in [1.54, 1.807) is 0 Å². The Morgan fingerprint density at radius 1 is 0.652 bits per heavy atom. The van der Waals surface area contributed by atoms with Crippen molar-refractivity contribution in [3.8, 4) is 11.1 Å². The number of aryl methyl sites for hydroxylation is 1. The molecule has 0 saturated carbocycles. The zero-order valence-corrected chi connectivity index (χ0v) is 27.3. The third kappa shape index (κ3) is 6.03. The van der Waals surface area contributed by atoms with E-state index in [9.17, 15) is 0 Å². The van der Waals surface area contributed by atoms with Gasteiger partial charge in [0.05, 0.1) is 5.41 Å². The second-order valence-electron chi connectivity index (χ2n) is 12.1. The lowest BCUT2D eigenvalue weighted by molar-refractivity contribution is 0.648. The zero-order valence-electron chi connectivity index (χ0n) is 27.3. The number of hydrogen-bond acceptors (Lipinski definition) is 3. The lowest BCUT2D eigenvalue weighted by Gasteiger charge is -2.43. The van der Waals surface area contributed by atoms with Crippen LogP contribution in [0.1, 0.15) is 83.5 Å². The van der Waals surface area contributed by atoms with Gasteiger partial charge in [-0.2, -0.15) is 0 Å². The molecule has 8 rings (SSSR count). The highest BCUT2D eigenvalue weighted by Crippen LogP contribution is 2.61. The smallest absolute Gasteiger partial charge is 0.0719 e. The van der Waals surface area contributed by atoms with E-state index in [4.69, 9.17) is 16.8 Å². The first kappa shape index (κ1) is 32.5. The number of fused-ring (bicyclic) bond motifs is 9. The number of hydrogen-bond donors (Lipinski definition) is 3. The molecule has 0 unspecified atom stereocenters. The van der Waals surface area contributed by atoms with Crippen LogP contribution in [-0.2, 0) is 12.0 Å². The fourth-order valence-corrected chi connectivity index (χ4v) is 7.37. The van der Waals surface area contributed by atoms with Gasteiger partial charge in [-0.1, -0.05) is 158 Å². The van der Waals surface area contributed by atoms with Crippen LogP contribution in [0.4, 0.5) is 0 Å². The Morgan fingerprint density at radius 2 is 1.22 bits per heavy atom. The largest absolute Gasteiger partial charge is 0.326 e. The molecule has 0 fully saturated rings. The Labute approximate surface area is 274 Å². The van der Waals surface area contributed by atoms with Crippen LogP contribution >= 0.6 is 0 Å². The average Bonchev–Trinajstić information content (AvgIpc) is 3.40. The summed E-state index contributed by atoms with van der Waals surface area (Å²) in [5.41, 5.74) is 30.6. The number of allylic oxidation sites excluding steroid dienone is 4. The first-order valence-electron chi connectivity index (χ1n) is 16.3. The summed E-state index contributed by atoms with van der Waals surface area (Å²) < 4.78 is 0. The Kier molecular flexibility index (Phi) is 10.6. The summed E-state index contributed by atoms with van der Waals surface area (Å²) in [6.45, 7) is 7.31. The topological polar surface area (TPSA) is 73.7 Å². The highest BCUT2D eigenvalue weighted by atomic mass is 14.7. The van der Waals surface area contributed by atoms with Gasteiger partial charge in [-0.3, -0.25) is 0 Å². The Morgan fingerprint density at radius 3 is 1.74 bits per heavy atom. The lowest BCUT2D eigenvalue weighted by atomic mass is 9.59. The fourth-order valence-electron chi connectivity index (χ4n) is 7.37. The summed E-state index contributed by atoms with van der Waals surface area (Å²) in [7, 11) is 0. The van der Waals surface area contributed by atoms with Crippen LogP contribution in [-0.4, -0.2) is 0 Å². The third-order valence-corrected chi connectivity index (χ3v) is 9.35. The van der Waals surface area contributed by atoms with Crippen LogP contribution in [0.5, 0.6) is 0 Å². The molecule has 3 heteroatoms. The number of benzene rings is 5. The van der Waals surface area contributed by atoms with Crippen molar-refractivity contribution in [1.29, 1.82) is 11.1 Å².